The molecule has 0 atom stereocenters. The second-order valence-corrected chi connectivity index (χ2v) is 5.00. The highest BCUT2D eigenvalue weighted by Crippen LogP contribution is 2.22. The number of furan rings is 1. The molecule has 3 rings (SSSR count). The zero-order chi connectivity index (χ0) is 13.9. The molecule has 1 aliphatic heterocycles. The summed E-state index contributed by atoms with van der Waals surface area (Å²) < 4.78 is 15.6. The van der Waals surface area contributed by atoms with Crippen LogP contribution in [0.3, 0.4) is 0 Å². The van der Waals surface area contributed by atoms with Crippen molar-refractivity contribution in [3.63, 3.8) is 0 Å². The summed E-state index contributed by atoms with van der Waals surface area (Å²) in [5.74, 6) is 1.09. The second-order valence-electron chi connectivity index (χ2n) is 4.05. The van der Waals surface area contributed by atoms with Gasteiger partial charge in [-0.1, -0.05) is 6.07 Å². The molecule has 102 valence electrons. The number of hydrogen-bond acceptors (Lipinski definition) is 6. The number of carbonyl (C=O) groups is 1. The third-order valence-electron chi connectivity index (χ3n) is 2.60. The fraction of sp³-hybridized carbons (Fsp3) is 0.143. The Hall–Kier alpha value is -2.18. The minimum Gasteiger partial charge on any atom is -0.459 e. The third kappa shape index (κ3) is 2.56. The maximum atomic E-state index is 11.7. The summed E-state index contributed by atoms with van der Waals surface area (Å²) in [4.78, 5) is 16.8. The predicted octanol–water partition coefficient (Wildman–Crippen LogP) is 2.83. The van der Waals surface area contributed by atoms with Crippen molar-refractivity contribution < 1.29 is 18.7 Å². The average Bonchev–Trinajstić information content (AvgIpc) is 3.13. The molecule has 0 aromatic carbocycles. The molecule has 2 aromatic heterocycles. The van der Waals surface area contributed by atoms with Crippen molar-refractivity contribution in [2.45, 2.75) is 6.61 Å². The zero-order valence-corrected chi connectivity index (χ0v) is 11.5. The van der Waals surface area contributed by atoms with E-state index in [-0.39, 0.29) is 5.70 Å². The number of thiophene rings is 1. The highest BCUT2D eigenvalue weighted by Gasteiger charge is 2.25. The molecular weight excluding hydrogens is 278 g/mol. The number of carbonyl (C=O) groups excluding carboxylic acids is 1. The van der Waals surface area contributed by atoms with Crippen LogP contribution in [0.5, 0.6) is 0 Å². The number of rotatable bonds is 4. The quantitative estimate of drug-likeness (QED) is 0.641. The van der Waals surface area contributed by atoms with Crippen LogP contribution in [0.2, 0.25) is 0 Å². The van der Waals surface area contributed by atoms with E-state index in [0.29, 0.717) is 24.0 Å². The topological polar surface area (TPSA) is 61.0 Å². The highest BCUT2D eigenvalue weighted by atomic mass is 32.1. The Morgan fingerprint density at radius 1 is 1.40 bits per heavy atom. The van der Waals surface area contributed by atoms with Crippen LogP contribution in [-0.2, 0) is 20.9 Å². The SMILES string of the molecule is COCc1ccc(/C=C2\N=C(c3cccs3)OC2=O)o1. The second kappa shape index (κ2) is 5.44. The molecule has 0 fully saturated rings. The lowest BCUT2D eigenvalue weighted by molar-refractivity contribution is -0.129. The van der Waals surface area contributed by atoms with Gasteiger partial charge in [-0.15, -0.1) is 11.3 Å². The normalized spacial score (nSPS) is 16.6. The van der Waals surface area contributed by atoms with Crippen molar-refractivity contribution in [1.29, 1.82) is 0 Å². The fourth-order valence-corrected chi connectivity index (χ4v) is 2.39. The van der Waals surface area contributed by atoms with Crippen LogP contribution >= 0.6 is 11.3 Å². The lowest BCUT2D eigenvalue weighted by Crippen LogP contribution is -2.03. The van der Waals surface area contributed by atoms with Crippen molar-refractivity contribution >= 4 is 29.3 Å². The summed E-state index contributed by atoms with van der Waals surface area (Å²) >= 11 is 1.47. The molecule has 5 nitrogen and oxygen atoms in total. The van der Waals surface area contributed by atoms with Gasteiger partial charge in [0.1, 0.15) is 18.1 Å². The van der Waals surface area contributed by atoms with Crippen LogP contribution in [-0.4, -0.2) is 19.0 Å². The van der Waals surface area contributed by atoms with E-state index in [9.17, 15) is 4.79 Å². The molecule has 0 amide bonds. The van der Waals surface area contributed by atoms with Crippen molar-refractivity contribution in [3.05, 3.63) is 51.7 Å². The molecule has 2 aromatic rings. The molecule has 0 aliphatic carbocycles. The Labute approximate surface area is 119 Å². The fourth-order valence-electron chi connectivity index (χ4n) is 1.74. The molecule has 6 heteroatoms. The summed E-state index contributed by atoms with van der Waals surface area (Å²) in [7, 11) is 1.59. The van der Waals surface area contributed by atoms with E-state index in [2.05, 4.69) is 4.99 Å². The van der Waals surface area contributed by atoms with Gasteiger partial charge in [0.15, 0.2) is 5.70 Å². The molecule has 0 unspecified atom stereocenters. The van der Waals surface area contributed by atoms with Gasteiger partial charge in [-0.2, -0.15) is 0 Å². The van der Waals surface area contributed by atoms with Crippen molar-refractivity contribution in [2.24, 2.45) is 4.99 Å². The molecule has 0 radical (unpaired) electrons. The van der Waals surface area contributed by atoms with Crippen LogP contribution in [0.25, 0.3) is 6.08 Å². The minimum atomic E-state index is -0.474. The van der Waals surface area contributed by atoms with E-state index in [4.69, 9.17) is 13.9 Å². The van der Waals surface area contributed by atoms with Crippen LogP contribution < -0.4 is 0 Å². The smallest absolute Gasteiger partial charge is 0.363 e. The lowest BCUT2D eigenvalue weighted by Gasteiger charge is -1.93. The van der Waals surface area contributed by atoms with E-state index in [1.807, 2.05) is 17.5 Å². The molecule has 0 bridgehead atoms. The maximum Gasteiger partial charge on any atom is 0.363 e. The third-order valence-corrected chi connectivity index (χ3v) is 3.46. The number of ether oxygens (including phenoxy) is 2. The van der Waals surface area contributed by atoms with Crippen LogP contribution in [0.15, 0.2) is 44.8 Å². The number of aliphatic imine (C=N–C) groups is 1. The molecule has 3 heterocycles. The molecule has 0 spiro atoms. The van der Waals surface area contributed by atoms with Crippen molar-refractivity contribution in [1.82, 2.24) is 0 Å². The van der Waals surface area contributed by atoms with Gasteiger partial charge in [0.2, 0.25) is 5.90 Å². The molecule has 20 heavy (non-hydrogen) atoms. The van der Waals surface area contributed by atoms with Gasteiger partial charge in [-0.05, 0) is 23.6 Å². The van der Waals surface area contributed by atoms with Gasteiger partial charge in [0.25, 0.3) is 0 Å². The first kappa shape index (κ1) is 12.8. The largest absolute Gasteiger partial charge is 0.459 e. The molecule has 0 saturated heterocycles. The van der Waals surface area contributed by atoms with Crippen molar-refractivity contribution in [3.8, 4) is 0 Å². The standard InChI is InChI=1S/C14H11NO4S/c1-17-8-10-5-4-9(18-10)7-11-14(16)19-13(15-11)12-3-2-6-20-12/h2-7H,8H2,1H3/b11-7-. The molecular formula is C14H11NO4S. The van der Waals surface area contributed by atoms with E-state index >= 15 is 0 Å². The van der Waals surface area contributed by atoms with Gasteiger partial charge in [-0.25, -0.2) is 9.79 Å². The Kier molecular flexibility index (Phi) is 3.49. The first-order valence-electron chi connectivity index (χ1n) is 5.90. The first-order chi connectivity index (χ1) is 9.76. The van der Waals surface area contributed by atoms with Gasteiger partial charge in [0.05, 0.1) is 4.88 Å². The monoisotopic (exact) mass is 289 g/mol. The van der Waals surface area contributed by atoms with E-state index in [0.717, 1.165) is 4.88 Å². The average molecular weight is 289 g/mol. The summed E-state index contributed by atoms with van der Waals surface area (Å²) in [6.45, 7) is 0.386. The van der Waals surface area contributed by atoms with E-state index in [1.165, 1.54) is 11.3 Å². The Morgan fingerprint density at radius 3 is 3.05 bits per heavy atom. The number of nitrogens with zero attached hydrogens (tertiary/aromatic N) is 1. The number of esters is 1. The highest BCUT2D eigenvalue weighted by molar-refractivity contribution is 7.12. The Balaban J connectivity index is 1.85. The summed E-state index contributed by atoms with van der Waals surface area (Å²) in [5, 5.41) is 1.90. The summed E-state index contributed by atoms with van der Waals surface area (Å²) in [6.07, 6.45) is 1.56. The van der Waals surface area contributed by atoms with Gasteiger partial charge >= 0.3 is 5.97 Å². The van der Waals surface area contributed by atoms with E-state index in [1.54, 1.807) is 25.3 Å². The molecule has 0 saturated carbocycles. The van der Waals surface area contributed by atoms with Gasteiger partial charge in [0, 0.05) is 13.2 Å². The van der Waals surface area contributed by atoms with Crippen LogP contribution in [0.4, 0.5) is 0 Å². The minimum absolute atomic E-state index is 0.228. The first-order valence-corrected chi connectivity index (χ1v) is 6.78. The number of cyclic esters (lactones) is 1. The van der Waals surface area contributed by atoms with Crippen LogP contribution in [0, 0.1) is 0 Å². The van der Waals surface area contributed by atoms with Gasteiger partial charge < -0.3 is 13.9 Å². The van der Waals surface area contributed by atoms with Crippen molar-refractivity contribution in [2.75, 3.05) is 7.11 Å². The number of methoxy groups -OCH3 is 1. The Morgan fingerprint density at radius 2 is 2.30 bits per heavy atom. The lowest BCUT2D eigenvalue weighted by atomic mass is 10.3. The zero-order valence-electron chi connectivity index (χ0n) is 10.7. The van der Waals surface area contributed by atoms with Gasteiger partial charge in [-0.3, -0.25) is 0 Å². The number of hydrogen-bond donors (Lipinski definition) is 0. The molecule has 1 aliphatic rings. The maximum absolute atomic E-state index is 11.7. The Bertz CT molecular complexity index is 682. The van der Waals surface area contributed by atoms with Crippen LogP contribution in [0.1, 0.15) is 16.4 Å². The molecule has 0 N–H and O–H groups in total. The summed E-state index contributed by atoms with van der Waals surface area (Å²) in [5.41, 5.74) is 0.228. The summed E-state index contributed by atoms with van der Waals surface area (Å²) in [6, 6.07) is 7.28. The van der Waals surface area contributed by atoms with E-state index < -0.39 is 5.97 Å². The predicted molar refractivity (Wildman–Crippen MR) is 74.3 cm³/mol.